The molecule has 1 aromatic heterocycles. The summed E-state index contributed by atoms with van der Waals surface area (Å²) < 4.78 is 0. The smallest absolute Gasteiger partial charge is 0.137 e. The van der Waals surface area contributed by atoms with E-state index in [0.29, 0.717) is 5.02 Å². The highest BCUT2D eigenvalue weighted by molar-refractivity contribution is 6.31. The molecule has 5 heteroatoms. The van der Waals surface area contributed by atoms with E-state index in [-0.39, 0.29) is 12.6 Å². The second-order valence-electron chi connectivity index (χ2n) is 5.36. The number of benzene rings is 2. The zero-order valence-electron chi connectivity index (χ0n) is 12.6. The Labute approximate surface area is 140 Å². The number of rotatable bonds is 6. The molecule has 1 atom stereocenters. The van der Waals surface area contributed by atoms with Crippen LogP contribution in [0.15, 0.2) is 54.9 Å². The van der Waals surface area contributed by atoms with Crippen LogP contribution < -0.4 is 5.32 Å². The summed E-state index contributed by atoms with van der Waals surface area (Å²) >= 11 is 6.03. The van der Waals surface area contributed by atoms with Crippen molar-refractivity contribution < 1.29 is 5.11 Å². The number of nitrogens with zero attached hydrogens (tertiary/aromatic N) is 2. The molecule has 0 radical (unpaired) electrons. The second kappa shape index (κ2) is 7.40. The standard InChI is InChI=1S/C18H18ClN3O/c19-14-8-9-15-17(11-14)20-12-21-18(15)22-16(7-4-10-23)13-5-2-1-3-6-13/h1-3,5-6,8-9,11-12,16,23H,4,7,10H2,(H,20,21,22). The lowest BCUT2D eigenvalue weighted by molar-refractivity contribution is 0.281. The summed E-state index contributed by atoms with van der Waals surface area (Å²) in [4.78, 5) is 8.65. The molecule has 0 aliphatic rings. The van der Waals surface area contributed by atoms with Crippen molar-refractivity contribution >= 4 is 28.3 Å². The fraction of sp³-hybridized carbons (Fsp3) is 0.222. The lowest BCUT2D eigenvalue weighted by Gasteiger charge is -2.20. The highest BCUT2D eigenvalue weighted by Crippen LogP contribution is 2.28. The van der Waals surface area contributed by atoms with Crippen molar-refractivity contribution in [1.82, 2.24) is 9.97 Å². The topological polar surface area (TPSA) is 58.0 Å². The molecule has 0 saturated carbocycles. The van der Waals surface area contributed by atoms with Gasteiger partial charge >= 0.3 is 0 Å². The molecule has 0 bridgehead atoms. The maximum absolute atomic E-state index is 9.16. The van der Waals surface area contributed by atoms with Crippen molar-refractivity contribution in [2.45, 2.75) is 18.9 Å². The Balaban J connectivity index is 1.93. The maximum atomic E-state index is 9.16. The van der Waals surface area contributed by atoms with Crippen LogP contribution in [-0.2, 0) is 0 Å². The van der Waals surface area contributed by atoms with Gasteiger partial charge in [0.1, 0.15) is 12.1 Å². The molecule has 1 heterocycles. The number of hydrogen-bond acceptors (Lipinski definition) is 4. The third kappa shape index (κ3) is 3.78. The van der Waals surface area contributed by atoms with Crippen molar-refractivity contribution in [3.8, 4) is 0 Å². The summed E-state index contributed by atoms with van der Waals surface area (Å²) in [5.41, 5.74) is 1.98. The van der Waals surface area contributed by atoms with Gasteiger partial charge in [-0.25, -0.2) is 9.97 Å². The summed E-state index contributed by atoms with van der Waals surface area (Å²) in [6.45, 7) is 0.172. The molecule has 0 aliphatic heterocycles. The number of aromatic nitrogens is 2. The van der Waals surface area contributed by atoms with Crippen LogP contribution in [0.3, 0.4) is 0 Å². The maximum Gasteiger partial charge on any atom is 0.137 e. The monoisotopic (exact) mass is 327 g/mol. The first-order valence-corrected chi connectivity index (χ1v) is 7.98. The summed E-state index contributed by atoms with van der Waals surface area (Å²) in [6.07, 6.45) is 3.08. The Morgan fingerprint density at radius 3 is 2.70 bits per heavy atom. The quantitative estimate of drug-likeness (QED) is 0.712. The van der Waals surface area contributed by atoms with E-state index in [9.17, 15) is 0 Å². The van der Waals surface area contributed by atoms with Gasteiger partial charge in [-0.3, -0.25) is 0 Å². The van der Waals surface area contributed by atoms with Gasteiger partial charge in [-0.1, -0.05) is 41.9 Å². The van der Waals surface area contributed by atoms with Crippen molar-refractivity contribution in [3.63, 3.8) is 0 Å². The SMILES string of the molecule is OCCCC(Nc1ncnc2cc(Cl)ccc12)c1ccccc1. The van der Waals surface area contributed by atoms with Gasteiger partial charge in [0.05, 0.1) is 11.6 Å². The Morgan fingerprint density at radius 2 is 1.91 bits per heavy atom. The molecule has 1 unspecified atom stereocenters. The Morgan fingerprint density at radius 1 is 1.09 bits per heavy atom. The van der Waals surface area contributed by atoms with Crippen molar-refractivity contribution in [2.24, 2.45) is 0 Å². The minimum absolute atomic E-state index is 0.0807. The molecule has 4 nitrogen and oxygen atoms in total. The molecule has 0 spiro atoms. The largest absolute Gasteiger partial charge is 0.396 e. The fourth-order valence-electron chi connectivity index (χ4n) is 2.61. The van der Waals surface area contributed by atoms with E-state index in [1.54, 1.807) is 0 Å². The normalized spacial score (nSPS) is 12.3. The van der Waals surface area contributed by atoms with Crippen LogP contribution in [0.1, 0.15) is 24.4 Å². The van der Waals surface area contributed by atoms with E-state index in [0.717, 1.165) is 29.6 Å². The first kappa shape index (κ1) is 15.7. The third-order valence-corrected chi connectivity index (χ3v) is 4.00. The molecule has 3 rings (SSSR count). The van der Waals surface area contributed by atoms with Crippen LogP contribution in [0.2, 0.25) is 5.02 Å². The number of halogens is 1. The van der Waals surface area contributed by atoms with Crippen LogP contribution in [0.25, 0.3) is 10.9 Å². The summed E-state index contributed by atoms with van der Waals surface area (Å²) in [5, 5.41) is 14.2. The zero-order valence-corrected chi connectivity index (χ0v) is 13.4. The van der Waals surface area contributed by atoms with E-state index < -0.39 is 0 Å². The minimum atomic E-state index is 0.0807. The molecule has 23 heavy (non-hydrogen) atoms. The number of aliphatic hydroxyl groups is 1. The molecule has 0 aliphatic carbocycles. The number of aliphatic hydroxyl groups excluding tert-OH is 1. The van der Waals surface area contributed by atoms with Gasteiger partial charge in [-0.05, 0) is 36.6 Å². The van der Waals surface area contributed by atoms with E-state index >= 15 is 0 Å². The molecule has 0 fully saturated rings. The molecule has 2 N–H and O–H groups in total. The predicted octanol–water partition coefficient (Wildman–Crippen LogP) is 4.21. The van der Waals surface area contributed by atoms with Gasteiger partial charge in [-0.15, -0.1) is 0 Å². The van der Waals surface area contributed by atoms with Gasteiger partial charge in [0.2, 0.25) is 0 Å². The fourth-order valence-corrected chi connectivity index (χ4v) is 2.78. The van der Waals surface area contributed by atoms with Crippen LogP contribution in [0.5, 0.6) is 0 Å². The lowest BCUT2D eigenvalue weighted by atomic mass is 10.0. The molecule has 0 amide bonds. The first-order valence-electron chi connectivity index (χ1n) is 7.60. The van der Waals surface area contributed by atoms with Crippen LogP contribution in [-0.4, -0.2) is 21.7 Å². The third-order valence-electron chi connectivity index (χ3n) is 3.76. The van der Waals surface area contributed by atoms with Gasteiger partial charge in [-0.2, -0.15) is 0 Å². The highest BCUT2D eigenvalue weighted by Gasteiger charge is 2.13. The van der Waals surface area contributed by atoms with E-state index in [2.05, 4.69) is 27.4 Å². The predicted molar refractivity (Wildman–Crippen MR) is 93.7 cm³/mol. The highest BCUT2D eigenvalue weighted by atomic mass is 35.5. The summed E-state index contributed by atoms with van der Waals surface area (Å²) in [6, 6.07) is 15.9. The van der Waals surface area contributed by atoms with Crippen LogP contribution >= 0.6 is 11.6 Å². The number of hydrogen-bond donors (Lipinski definition) is 2. The average molecular weight is 328 g/mol. The average Bonchev–Trinajstić information content (AvgIpc) is 2.59. The van der Waals surface area contributed by atoms with E-state index in [1.165, 1.54) is 11.9 Å². The van der Waals surface area contributed by atoms with Crippen molar-refractivity contribution in [1.29, 1.82) is 0 Å². The Bertz CT molecular complexity index is 780. The second-order valence-corrected chi connectivity index (χ2v) is 5.79. The summed E-state index contributed by atoms with van der Waals surface area (Å²) in [5.74, 6) is 0.776. The van der Waals surface area contributed by atoms with E-state index in [1.807, 2.05) is 36.4 Å². The minimum Gasteiger partial charge on any atom is -0.396 e. The number of nitrogens with one attached hydrogen (secondary N) is 1. The molecular formula is C18H18ClN3O. The first-order chi connectivity index (χ1) is 11.3. The van der Waals surface area contributed by atoms with Crippen molar-refractivity contribution in [2.75, 3.05) is 11.9 Å². The molecular weight excluding hydrogens is 310 g/mol. The Hall–Kier alpha value is -2.17. The molecule has 118 valence electrons. The van der Waals surface area contributed by atoms with E-state index in [4.69, 9.17) is 16.7 Å². The van der Waals surface area contributed by atoms with Gasteiger partial charge in [0, 0.05) is 17.0 Å². The van der Waals surface area contributed by atoms with Crippen molar-refractivity contribution in [3.05, 3.63) is 65.4 Å². The van der Waals surface area contributed by atoms with Gasteiger partial charge in [0.25, 0.3) is 0 Å². The molecule has 3 aromatic rings. The van der Waals surface area contributed by atoms with Crippen LogP contribution in [0.4, 0.5) is 5.82 Å². The van der Waals surface area contributed by atoms with Gasteiger partial charge in [0.15, 0.2) is 0 Å². The Kier molecular flexibility index (Phi) is 5.05. The van der Waals surface area contributed by atoms with Crippen LogP contribution in [0, 0.1) is 0 Å². The zero-order chi connectivity index (χ0) is 16.1. The molecule has 2 aromatic carbocycles. The number of anilines is 1. The number of fused-ring (bicyclic) bond motifs is 1. The summed E-state index contributed by atoms with van der Waals surface area (Å²) in [7, 11) is 0. The molecule has 0 saturated heterocycles. The lowest BCUT2D eigenvalue weighted by Crippen LogP contribution is -2.13. The van der Waals surface area contributed by atoms with Gasteiger partial charge < -0.3 is 10.4 Å².